The van der Waals surface area contributed by atoms with Crippen LogP contribution in [-0.2, 0) is 0 Å². The number of nitrogens with one attached hydrogen (secondary N) is 1. The number of hydrogen-bond donors (Lipinski definition) is 1. The minimum atomic E-state index is 0. The molecule has 0 spiro atoms. The van der Waals surface area contributed by atoms with Crippen LogP contribution in [0.4, 0.5) is 0 Å². The van der Waals surface area contributed by atoms with Crippen molar-refractivity contribution in [2.75, 3.05) is 13.1 Å². The fraction of sp³-hybridized carbons (Fsp3) is 0.444. The molecular formula is C9H12Cl2N2O. The summed E-state index contributed by atoms with van der Waals surface area (Å²) in [5, 5.41) is 3.79. The summed E-state index contributed by atoms with van der Waals surface area (Å²) in [6.07, 6.45) is 2.92. The van der Waals surface area contributed by atoms with Crippen molar-refractivity contribution in [3.05, 3.63) is 23.4 Å². The molecule has 1 aromatic heterocycles. The largest absolute Gasteiger partial charge is 0.472 e. The van der Waals surface area contributed by atoms with Crippen molar-refractivity contribution in [3.63, 3.8) is 0 Å². The van der Waals surface area contributed by atoms with Gasteiger partial charge in [0.1, 0.15) is 11.1 Å². The lowest BCUT2D eigenvalue weighted by Gasteiger charge is -2.11. The van der Waals surface area contributed by atoms with Gasteiger partial charge in [-0.1, -0.05) is 11.6 Å². The minimum Gasteiger partial charge on any atom is -0.472 e. The number of pyridine rings is 1. The quantitative estimate of drug-likeness (QED) is 0.849. The molecule has 1 unspecified atom stereocenters. The highest BCUT2D eigenvalue weighted by Gasteiger charge is 2.17. The van der Waals surface area contributed by atoms with Gasteiger partial charge in [-0.25, -0.2) is 4.98 Å². The van der Waals surface area contributed by atoms with Crippen LogP contribution < -0.4 is 10.1 Å². The lowest BCUT2D eigenvalue weighted by atomic mass is 10.3. The zero-order chi connectivity index (χ0) is 9.10. The van der Waals surface area contributed by atoms with E-state index in [0.29, 0.717) is 10.9 Å². The summed E-state index contributed by atoms with van der Waals surface area (Å²) in [4.78, 5) is 4.06. The van der Waals surface area contributed by atoms with Gasteiger partial charge >= 0.3 is 0 Å². The maximum atomic E-state index is 5.89. The topological polar surface area (TPSA) is 34.1 Å². The number of halogens is 2. The van der Waals surface area contributed by atoms with E-state index in [9.17, 15) is 0 Å². The van der Waals surface area contributed by atoms with Gasteiger partial charge in [-0.3, -0.25) is 0 Å². The Balaban J connectivity index is 0.000000980. The first kappa shape index (κ1) is 11.6. The second-order valence-corrected chi connectivity index (χ2v) is 3.43. The first-order chi connectivity index (χ1) is 6.36. The highest BCUT2D eigenvalue weighted by Crippen LogP contribution is 2.22. The zero-order valence-electron chi connectivity index (χ0n) is 7.57. The van der Waals surface area contributed by atoms with E-state index in [0.717, 1.165) is 19.5 Å². The van der Waals surface area contributed by atoms with E-state index in [1.165, 1.54) is 0 Å². The predicted octanol–water partition coefficient (Wildman–Crippen LogP) is 1.90. The third-order valence-electron chi connectivity index (χ3n) is 2.02. The number of aromatic nitrogens is 1. The predicted molar refractivity (Wildman–Crippen MR) is 58.4 cm³/mol. The van der Waals surface area contributed by atoms with E-state index in [1.807, 2.05) is 0 Å². The van der Waals surface area contributed by atoms with E-state index < -0.39 is 0 Å². The van der Waals surface area contributed by atoms with Gasteiger partial charge in [0, 0.05) is 12.7 Å². The molecule has 1 N–H and O–H groups in total. The average molecular weight is 235 g/mol. The van der Waals surface area contributed by atoms with Crippen molar-refractivity contribution in [2.24, 2.45) is 0 Å². The van der Waals surface area contributed by atoms with Crippen LogP contribution in [-0.4, -0.2) is 24.2 Å². The molecule has 0 saturated carbocycles. The monoisotopic (exact) mass is 234 g/mol. The van der Waals surface area contributed by atoms with E-state index >= 15 is 0 Å². The molecule has 1 atom stereocenters. The molecule has 2 heterocycles. The molecule has 3 nitrogen and oxygen atoms in total. The normalized spacial score (nSPS) is 20.2. The Morgan fingerprint density at radius 1 is 1.57 bits per heavy atom. The molecule has 5 heteroatoms. The van der Waals surface area contributed by atoms with Gasteiger partial charge in [0.2, 0.25) is 5.88 Å². The lowest BCUT2D eigenvalue weighted by Crippen LogP contribution is -2.20. The van der Waals surface area contributed by atoms with Crippen LogP contribution in [0, 0.1) is 0 Å². The highest BCUT2D eigenvalue weighted by atomic mass is 35.5. The van der Waals surface area contributed by atoms with Crippen molar-refractivity contribution in [3.8, 4) is 5.88 Å². The molecule has 0 amide bonds. The number of ether oxygens (including phenoxy) is 1. The fourth-order valence-corrected chi connectivity index (χ4v) is 1.51. The Kier molecular flexibility index (Phi) is 4.45. The summed E-state index contributed by atoms with van der Waals surface area (Å²) in [5.74, 6) is 0.540. The SMILES string of the molecule is Cl.Clc1cccnc1OC1CCNC1. The number of hydrogen-bond acceptors (Lipinski definition) is 3. The molecule has 1 fully saturated rings. The Morgan fingerprint density at radius 3 is 3.07 bits per heavy atom. The lowest BCUT2D eigenvalue weighted by molar-refractivity contribution is 0.214. The summed E-state index contributed by atoms with van der Waals surface area (Å²) in [7, 11) is 0. The molecule has 1 aliphatic heterocycles. The van der Waals surface area contributed by atoms with Crippen LogP contribution in [0.3, 0.4) is 0 Å². The van der Waals surface area contributed by atoms with Gasteiger partial charge in [-0.15, -0.1) is 12.4 Å². The smallest absolute Gasteiger partial charge is 0.232 e. The minimum absolute atomic E-state index is 0. The first-order valence-electron chi connectivity index (χ1n) is 4.34. The summed E-state index contributed by atoms with van der Waals surface area (Å²) < 4.78 is 5.60. The molecule has 2 rings (SSSR count). The van der Waals surface area contributed by atoms with Crippen molar-refractivity contribution < 1.29 is 4.74 Å². The van der Waals surface area contributed by atoms with E-state index in [4.69, 9.17) is 16.3 Å². The molecule has 14 heavy (non-hydrogen) atoms. The average Bonchev–Trinajstić information content (AvgIpc) is 2.61. The van der Waals surface area contributed by atoms with Crippen LogP contribution in [0.2, 0.25) is 5.02 Å². The first-order valence-corrected chi connectivity index (χ1v) is 4.72. The van der Waals surface area contributed by atoms with Crippen LogP contribution in [0.5, 0.6) is 5.88 Å². The second-order valence-electron chi connectivity index (χ2n) is 3.02. The Bertz CT molecular complexity index is 290. The molecule has 0 radical (unpaired) electrons. The Morgan fingerprint density at radius 2 is 2.43 bits per heavy atom. The van der Waals surface area contributed by atoms with Crippen molar-refractivity contribution in [2.45, 2.75) is 12.5 Å². The summed E-state index contributed by atoms with van der Waals surface area (Å²) in [5.41, 5.74) is 0. The van der Waals surface area contributed by atoms with Crippen molar-refractivity contribution in [1.82, 2.24) is 10.3 Å². The van der Waals surface area contributed by atoms with Gasteiger partial charge in [-0.2, -0.15) is 0 Å². The zero-order valence-corrected chi connectivity index (χ0v) is 9.14. The van der Waals surface area contributed by atoms with Crippen LogP contribution >= 0.6 is 24.0 Å². The highest BCUT2D eigenvalue weighted by molar-refractivity contribution is 6.31. The van der Waals surface area contributed by atoms with Crippen LogP contribution in [0.1, 0.15) is 6.42 Å². The van der Waals surface area contributed by atoms with Gasteiger partial charge in [0.15, 0.2) is 0 Å². The van der Waals surface area contributed by atoms with E-state index in [-0.39, 0.29) is 18.5 Å². The van der Waals surface area contributed by atoms with Crippen LogP contribution in [0.25, 0.3) is 0 Å². The second kappa shape index (κ2) is 5.39. The van der Waals surface area contributed by atoms with E-state index in [2.05, 4.69) is 10.3 Å². The Hall–Kier alpha value is -0.510. The molecule has 1 aliphatic rings. The van der Waals surface area contributed by atoms with Crippen molar-refractivity contribution in [1.29, 1.82) is 0 Å². The fourth-order valence-electron chi connectivity index (χ4n) is 1.34. The molecule has 0 aliphatic carbocycles. The summed E-state index contributed by atoms with van der Waals surface area (Å²) >= 11 is 5.89. The van der Waals surface area contributed by atoms with E-state index in [1.54, 1.807) is 18.3 Å². The summed E-state index contributed by atoms with van der Waals surface area (Å²) in [6.45, 7) is 1.89. The molecule has 78 valence electrons. The molecule has 0 bridgehead atoms. The summed E-state index contributed by atoms with van der Waals surface area (Å²) in [6, 6.07) is 3.58. The Labute approximate surface area is 94.2 Å². The molecule has 0 aromatic carbocycles. The standard InChI is InChI=1S/C9H11ClN2O.ClH/c10-8-2-1-4-12-9(8)13-7-3-5-11-6-7;/h1-2,4,7,11H,3,5-6H2;1H. The molecule has 1 aromatic rings. The van der Waals surface area contributed by atoms with Gasteiger partial charge in [-0.05, 0) is 25.1 Å². The molecule has 1 saturated heterocycles. The third-order valence-corrected chi connectivity index (χ3v) is 2.31. The van der Waals surface area contributed by atoms with Gasteiger partial charge in [0.25, 0.3) is 0 Å². The van der Waals surface area contributed by atoms with Crippen LogP contribution in [0.15, 0.2) is 18.3 Å². The van der Waals surface area contributed by atoms with Gasteiger partial charge < -0.3 is 10.1 Å². The maximum absolute atomic E-state index is 5.89. The number of rotatable bonds is 2. The van der Waals surface area contributed by atoms with Crippen molar-refractivity contribution >= 4 is 24.0 Å². The molecular weight excluding hydrogens is 223 g/mol. The van der Waals surface area contributed by atoms with Gasteiger partial charge in [0.05, 0.1) is 0 Å². The number of nitrogens with zero attached hydrogens (tertiary/aromatic N) is 1. The third kappa shape index (κ3) is 2.74. The maximum Gasteiger partial charge on any atom is 0.232 e.